The molecule has 0 spiro atoms. The second-order valence-corrected chi connectivity index (χ2v) is 30.1. The molecular formula is C108H88. The van der Waals surface area contributed by atoms with Gasteiger partial charge in [0.25, 0.3) is 0 Å². The molecule has 0 bridgehead atoms. The van der Waals surface area contributed by atoms with Gasteiger partial charge in [-0.25, -0.2) is 0 Å². The largest absolute Gasteiger partial charge is 0.0619 e. The normalized spacial score (nSPS) is 12.1. The number of rotatable bonds is 4. The maximum Gasteiger partial charge on any atom is -0.000729 e. The average Bonchev–Trinajstić information content (AvgIpc) is 1.63. The average molecular weight is 1390 g/mol. The number of hydrogen-bond donors (Lipinski definition) is 0. The van der Waals surface area contributed by atoms with Gasteiger partial charge in [0.05, 0.1) is 0 Å². The fourth-order valence-corrected chi connectivity index (χ4v) is 17.1. The van der Waals surface area contributed by atoms with Crippen LogP contribution >= 0.6 is 0 Å². The van der Waals surface area contributed by atoms with Crippen LogP contribution in [0.1, 0.15) is 100 Å². The van der Waals surface area contributed by atoms with E-state index in [0.717, 1.165) is 38.5 Å². The van der Waals surface area contributed by atoms with Crippen LogP contribution in [0.15, 0.2) is 352 Å². The zero-order chi connectivity index (χ0) is 73.2. The van der Waals surface area contributed by atoms with Crippen LogP contribution in [0.3, 0.4) is 0 Å². The first-order chi connectivity index (χ1) is 53.0. The van der Waals surface area contributed by atoms with Gasteiger partial charge in [-0.2, -0.15) is 0 Å². The summed E-state index contributed by atoms with van der Waals surface area (Å²) in [5.41, 5.74) is 53.1. The lowest BCUT2D eigenvalue weighted by Crippen LogP contribution is -1.88. The third kappa shape index (κ3) is 14.1. The molecule has 16 aromatic carbocycles. The Hall–Kier alpha value is -12.5. The Morgan fingerprint density at radius 1 is 0.139 bits per heavy atom. The van der Waals surface area contributed by atoms with E-state index in [1.54, 1.807) is 0 Å². The van der Waals surface area contributed by atoms with Crippen LogP contribution in [0.2, 0.25) is 0 Å². The van der Waals surface area contributed by atoms with Crippen LogP contribution in [-0.4, -0.2) is 0 Å². The quantitative estimate of drug-likeness (QED) is 0.165. The van der Waals surface area contributed by atoms with E-state index < -0.39 is 0 Å². The first kappa shape index (κ1) is 68.6. The lowest BCUT2D eigenvalue weighted by Gasteiger charge is -2.09. The van der Waals surface area contributed by atoms with Gasteiger partial charge in [0.15, 0.2) is 0 Å². The minimum atomic E-state index is 1.05. The molecule has 0 unspecified atom stereocenters. The summed E-state index contributed by atoms with van der Waals surface area (Å²) in [6, 6.07) is 128. The Labute approximate surface area is 639 Å². The zero-order valence-electron chi connectivity index (χ0n) is 62.7. The predicted molar refractivity (Wildman–Crippen MR) is 458 cm³/mol. The zero-order valence-corrected chi connectivity index (χ0v) is 62.7. The van der Waals surface area contributed by atoms with Crippen molar-refractivity contribution in [2.75, 3.05) is 0 Å². The lowest BCUT2D eigenvalue weighted by atomic mass is 9.95. The van der Waals surface area contributed by atoms with Gasteiger partial charge in [0.1, 0.15) is 0 Å². The number of aryl methyl sites for hydroxylation is 6. The number of benzene rings is 16. The first-order valence-corrected chi connectivity index (χ1v) is 38.4. The van der Waals surface area contributed by atoms with Crippen molar-refractivity contribution in [2.45, 2.75) is 80.1 Å². The lowest BCUT2D eigenvalue weighted by molar-refractivity contribution is 1.22. The Balaban J connectivity index is 0.0000000955. The molecular weight excluding hydrogens is 1300 g/mol. The first-order valence-electron chi connectivity index (χ1n) is 38.4. The van der Waals surface area contributed by atoms with E-state index in [2.05, 4.69) is 393 Å². The second-order valence-electron chi connectivity index (χ2n) is 30.1. The molecule has 0 amide bonds. The van der Waals surface area contributed by atoms with Crippen molar-refractivity contribution < 1.29 is 0 Å². The molecule has 0 aliphatic heterocycles. The molecule has 0 fully saturated rings. The fourth-order valence-electron chi connectivity index (χ4n) is 17.1. The van der Waals surface area contributed by atoms with Crippen LogP contribution < -0.4 is 0 Å². The van der Waals surface area contributed by atoms with Crippen molar-refractivity contribution >= 4 is 0 Å². The van der Waals surface area contributed by atoms with E-state index in [0.29, 0.717) is 0 Å². The van der Waals surface area contributed by atoms with E-state index in [9.17, 15) is 0 Å². The molecule has 16 aromatic rings. The summed E-state index contributed by atoms with van der Waals surface area (Å²) in [5, 5.41) is 0. The van der Waals surface area contributed by atoms with Gasteiger partial charge in [0, 0.05) is 0 Å². The van der Waals surface area contributed by atoms with Gasteiger partial charge in [-0.1, -0.05) is 368 Å². The van der Waals surface area contributed by atoms with Gasteiger partial charge < -0.3 is 0 Å². The highest BCUT2D eigenvalue weighted by atomic mass is 14.3. The monoisotopic (exact) mass is 1380 g/mol. The Kier molecular flexibility index (Phi) is 19.2. The molecule has 0 heteroatoms. The van der Waals surface area contributed by atoms with Gasteiger partial charge in [0.2, 0.25) is 0 Å². The molecule has 0 heterocycles. The smallest absolute Gasteiger partial charge is 0.000729 e. The minimum absolute atomic E-state index is 1.05. The molecule has 0 saturated heterocycles. The summed E-state index contributed by atoms with van der Waals surface area (Å²) in [4.78, 5) is 0. The molecule has 520 valence electrons. The summed E-state index contributed by atoms with van der Waals surface area (Å²) >= 11 is 0. The highest BCUT2D eigenvalue weighted by Crippen LogP contribution is 2.46. The van der Waals surface area contributed by atoms with E-state index in [-0.39, 0.29) is 0 Å². The van der Waals surface area contributed by atoms with Crippen LogP contribution in [0.25, 0.3) is 111 Å². The Morgan fingerprint density at radius 3 is 0.861 bits per heavy atom. The molecule has 0 N–H and O–H groups in total. The second kappa shape index (κ2) is 30.2. The highest BCUT2D eigenvalue weighted by Gasteiger charge is 2.25. The predicted octanol–water partition coefficient (Wildman–Crippen LogP) is 28.1. The standard InChI is InChI=1S/4C20H16.2C14H12/c1-14-6-4-8-15(12-14)18-10-5-11-19-17-9-3-2-7-16(17)13-20(18)19;1-14-5-4-7-15(11-14)16-9-10-18-12-17-6-2-3-8-19(17)20(18)13-16;1-14-9-11-15(12-10-14)17-7-4-8-19-18-6-3-2-5-16(18)13-20(17)19;1-14-6-8-15(9-7-14)16-10-11-18-12-17-4-2-3-5-19(17)20(18)13-16;1-10-5-4-8-13-12-7-3-2-6-11(12)9-14(10)13;1-10-6-7-12-9-11-4-2-3-5-13(11)14(12)8-10/h2-12H,13H2,1H3;2-11,13H,12H2,1H3;2-12H,13H2,1H3;2-11,13H,12H2,1H3;2*2-8H,9H2,1H3. The molecule has 0 radical (unpaired) electrons. The molecule has 0 nitrogen and oxygen atoms in total. The van der Waals surface area contributed by atoms with Gasteiger partial charge in [-0.15, -0.1) is 0 Å². The van der Waals surface area contributed by atoms with Crippen molar-refractivity contribution in [1.82, 2.24) is 0 Å². The van der Waals surface area contributed by atoms with Crippen molar-refractivity contribution in [3.63, 3.8) is 0 Å². The van der Waals surface area contributed by atoms with Crippen molar-refractivity contribution in [3.05, 3.63) is 452 Å². The molecule has 0 saturated carbocycles. The number of fused-ring (bicyclic) bond motifs is 18. The summed E-state index contributed by atoms with van der Waals surface area (Å²) in [6.45, 7) is 12.9. The maximum absolute atomic E-state index is 2.34. The Morgan fingerprint density at radius 2 is 0.407 bits per heavy atom. The summed E-state index contributed by atoms with van der Waals surface area (Å²) in [6.07, 6.45) is 6.45. The molecule has 6 aliphatic carbocycles. The number of hydrogen-bond acceptors (Lipinski definition) is 0. The van der Waals surface area contributed by atoms with Gasteiger partial charge in [-0.05, 0) is 276 Å². The van der Waals surface area contributed by atoms with Crippen LogP contribution in [0.4, 0.5) is 0 Å². The maximum atomic E-state index is 2.34. The molecule has 0 aromatic heterocycles. The fraction of sp³-hybridized carbons (Fsp3) is 0.111. The third-order valence-electron chi connectivity index (χ3n) is 22.8. The molecule has 0 atom stereocenters. The highest BCUT2D eigenvalue weighted by molar-refractivity contribution is 5.88. The van der Waals surface area contributed by atoms with E-state index >= 15 is 0 Å². The molecule has 6 aliphatic rings. The van der Waals surface area contributed by atoms with Crippen molar-refractivity contribution in [3.8, 4) is 111 Å². The third-order valence-corrected chi connectivity index (χ3v) is 22.8. The summed E-state index contributed by atoms with van der Waals surface area (Å²) < 4.78 is 0. The van der Waals surface area contributed by atoms with E-state index in [4.69, 9.17) is 0 Å². The SMILES string of the molecule is Cc1ccc(-c2ccc3c(c2)-c2ccccc2C3)cc1.Cc1ccc(-c2cccc3c2Cc2ccccc2-3)cc1.Cc1ccc2c(c1)-c1ccccc1C2.Cc1cccc(-c2ccc3c(c2)-c2ccccc2C3)c1.Cc1cccc(-c2cccc3c2Cc2ccccc2-3)c1.Cc1cccc2c1Cc1ccccc1-2. The van der Waals surface area contributed by atoms with Crippen molar-refractivity contribution in [2.24, 2.45) is 0 Å². The van der Waals surface area contributed by atoms with E-state index in [1.807, 2.05) is 0 Å². The Bertz CT molecular complexity index is 6020. The summed E-state index contributed by atoms with van der Waals surface area (Å²) in [7, 11) is 0. The van der Waals surface area contributed by atoms with E-state index in [1.165, 1.54) is 211 Å². The van der Waals surface area contributed by atoms with Crippen molar-refractivity contribution in [1.29, 1.82) is 0 Å². The van der Waals surface area contributed by atoms with Crippen LogP contribution in [0, 0.1) is 41.5 Å². The van der Waals surface area contributed by atoms with Gasteiger partial charge >= 0.3 is 0 Å². The molecule has 108 heavy (non-hydrogen) atoms. The van der Waals surface area contributed by atoms with Crippen LogP contribution in [0.5, 0.6) is 0 Å². The summed E-state index contributed by atoms with van der Waals surface area (Å²) in [5.74, 6) is 0. The molecule has 22 rings (SSSR count). The van der Waals surface area contributed by atoms with Gasteiger partial charge in [-0.3, -0.25) is 0 Å². The van der Waals surface area contributed by atoms with Crippen LogP contribution in [-0.2, 0) is 38.5 Å². The topological polar surface area (TPSA) is 0 Å². The minimum Gasteiger partial charge on any atom is -0.0619 e.